The van der Waals surface area contributed by atoms with Crippen LogP contribution in [0.4, 0.5) is 5.69 Å². The third-order valence-corrected chi connectivity index (χ3v) is 5.79. The highest BCUT2D eigenvalue weighted by Crippen LogP contribution is 2.38. The maximum atomic E-state index is 12.8. The van der Waals surface area contributed by atoms with Gasteiger partial charge in [0.1, 0.15) is 17.1 Å². The van der Waals surface area contributed by atoms with Crippen molar-refractivity contribution >= 4 is 34.1 Å². The first-order valence-corrected chi connectivity index (χ1v) is 12.0. The molecule has 0 bridgehead atoms. The molecule has 0 aliphatic carbocycles. The van der Waals surface area contributed by atoms with Crippen molar-refractivity contribution in [1.82, 2.24) is 0 Å². The normalized spacial score (nSPS) is 11.3. The molecule has 0 saturated carbocycles. The summed E-state index contributed by atoms with van der Waals surface area (Å²) in [5, 5.41) is 3.73. The minimum Gasteiger partial charge on any atom is -0.497 e. The maximum Gasteiger partial charge on any atom is 0.338 e. The summed E-state index contributed by atoms with van der Waals surface area (Å²) in [5.74, 6) is 0.676. The number of furan rings is 1. The van der Waals surface area contributed by atoms with Gasteiger partial charge < -0.3 is 23.9 Å². The summed E-state index contributed by atoms with van der Waals surface area (Å²) < 4.78 is 22.1. The highest BCUT2D eigenvalue weighted by atomic mass is 16.5. The minimum atomic E-state index is -0.400. The van der Waals surface area contributed by atoms with Crippen LogP contribution >= 0.6 is 0 Å². The quantitative estimate of drug-likeness (QED) is 0.203. The molecule has 0 unspecified atom stereocenters. The summed E-state index contributed by atoms with van der Waals surface area (Å²) in [6, 6.07) is 18.1. The van der Waals surface area contributed by atoms with Crippen LogP contribution in [-0.2, 0) is 9.53 Å². The first-order valence-electron chi connectivity index (χ1n) is 12.0. The number of ether oxygens (including phenoxy) is 3. The summed E-state index contributed by atoms with van der Waals surface area (Å²) in [5.41, 5.74) is 5.06. The van der Waals surface area contributed by atoms with Gasteiger partial charge >= 0.3 is 5.97 Å². The molecular formula is C30H29NO6. The summed E-state index contributed by atoms with van der Waals surface area (Å²) in [4.78, 5) is 24.6. The molecule has 37 heavy (non-hydrogen) atoms. The van der Waals surface area contributed by atoms with Crippen molar-refractivity contribution in [3.05, 3.63) is 84.1 Å². The lowest BCUT2D eigenvalue weighted by Crippen LogP contribution is -2.09. The second-order valence-electron chi connectivity index (χ2n) is 8.27. The van der Waals surface area contributed by atoms with E-state index in [-0.39, 0.29) is 5.91 Å². The van der Waals surface area contributed by atoms with Crippen molar-refractivity contribution in [3.8, 4) is 22.6 Å². The van der Waals surface area contributed by atoms with E-state index in [1.807, 2.05) is 50.2 Å². The first kappa shape index (κ1) is 25.6. The Balaban J connectivity index is 1.63. The van der Waals surface area contributed by atoms with Gasteiger partial charge in [-0.2, -0.15) is 0 Å². The Hall–Kier alpha value is -4.52. The molecule has 0 aliphatic heterocycles. The van der Waals surface area contributed by atoms with Crippen LogP contribution in [0.25, 0.3) is 27.7 Å². The van der Waals surface area contributed by atoms with E-state index in [0.717, 1.165) is 33.4 Å². The van der Waals surface area contributed by atoms with Gasteiger partial charge in [0.25, 0.3) is 0 Å². The Morgan fingerprint density at radius 2 is 1.78 bits per heavy atom. The third kappa shape index (κ3) is 5.83. The van der Waals surface area contributed by atoms with Crippen molar-refractivity contribution < 1.29 is 28.2 Å². The van der Waals surface area contributed by atoms with Crippen molar-refractivity contribution in [2.75, 3.05) is 25.6 Å². The predicted molar refractivity (Wildman–Crippen MR) is 144 cm³/mol. The molecule has 0 atom stereocenters. The maximum absolute atomic E-state index is 12.8. The number of carbonyl (C=O) groups excluding carboxylic acids is 2. The van der Waals surface area contributed by atoms with E-state index >= 15 is 0 Å². The molecule has 0 radical (unpaired) electrons. The summed E-state index contributed by atoms with van der Waals surface area (Å²) >= 11 is 0. The molecule has 1 N–H and O–H groups in total. The van der Waals surface area contributed by atoms with E-state index in [1.54, 1.807) is 44.6 Å². The van der Waals surface area contributed by atoms with Crippen LogP contribution in [-0.4, -0.2) is 32.2 Å². The Morgan fingerprint density at radius 3 is 2.49 bits per heavy atom. The summed E-state index contributed by atoms with van der Waals surface area (Å²) in [7, 11) is 1.63. The number of benzene rings is 3. The van der Waals surface area contributed by atoms with Gasteiger partial charge in [-0.25, -0.2) is 4.79 Å². The van der Waals surface area contributed by atoms with E-state index in [2.05, 4.69) is 5.32 Å². The van der Waals surface area contributed by atoms with E-state index in [0.29, 0.717) is 35.8 Å². The topological polar surface area (TPSA) is 87.0 Å². The van der Waals surface area contributed by atoms with Crippen LogP contribution in [0.5, 0.6) is 11.5 Å². The molecule has 1 aromatic heterocycles. The minimum absolute atomic E-state index is 0.302. The van der Waals surface area contributed by atoms with Crippen molar-refractivity contribution in [2.24, 2.45) is 0 Å². The molecule has 0 saturated heterocycles. The molecule has 0 spiro atoms. The number of hydrogen-bond donors (Lipinski definition) is 1. The molecule has 4 rings (SSSR count). The average molecular weight is 500 g/mol. The van der Waals surface area contributed by atoms with Gasteiger partial charge in [0, 0.05) is 34.3 Å². The smallest absolute Gasteiger partial charge is 0.338 e. The molecule has 1 amide bonds. The number of carbonyl (C=O) groups is 2. The molecule has 0 fully saturated rings. The van der Waals surface area contributed by atoms with Crippen molar-refractivity contribution in [2.45, 2.75) is 20.8 Å². The highest BCUT2D eigenvalue weighted by molar-refractivity contribution is 6.05. The molecule has 7 heteroatoms. The zero-order valence-electron chi connectivity index (χ0n) is 21.3. The van der Waals surface area contributed by atoms with Crippen LogP contribution in [0.2, 0.25) is 0 Å². The Bertz CT molecular complexity index is 1450. The van der Waals surface area contributed by atoms with Gasteiger partial charge in [-0.3, -0.25) is 4.79 Å². The molecule has 7 nitrogen and oxygen atoms in total. The number of nitrogens with one attached hydrogen (secondary N) is 1. The molecular weight excluding hydrogens is 470 g/mol. The number of rotatable bonds is 9. The fraction of sp³-hybridized carbons (Fsp3) is 0.200. The van der Waals surface area contributed by atoms with Crippen LogP contribution < -0.4 is 14.8 Å². The van der Waals surface area contributed by atoms with Crippen LogP contribution in [0.15, 0.2) is 77.4 Å². The Kier molecular flexibility index (Phi) is 7.93. The van der Waals surface area contributed by atoms with Gasteiger partial charge in [0.15, 0.2) is 0 Å². The van der Waals surface area contributed by atoms with Crippen LogP contribution in [0, 0.1) is 0 Å². The van der Waals surface area contributed by atoms with Gasteiger partial charge in [0.2, 0.25) is 5.91 Å². The van der Waals surface area contributed by atoms with Crippen molar-refractivity contribution in [3.63, 3.8) is 0 Å². The number of hydrogen-bond acceptors (Lipinski definition) is 6. The van der Waals surface area contributed by atoms with E-state index < -0.39 is 5.97 Å². The third-order valence-electron chi connectivity index (χ3n) is 5.79. The second kappa shape index (κ2) is 11.5. The molecule has 3 aromatic carbocycles. The Labute approximate surface area is 215 Å². The molecule has 190 valence electrons. The number of allylic oxidation sites excluding steroid dienone is 1. The van der Waals surface area contributed by atoms with Crippen LogP contribution in [0.1, 0.15) is 36.7 Å². The SMILES string of the molecule is CCOC(=O)c1ccc(NC(=O)/C=C(\C)c2cc3c(-c4cccc(OC)c4)coc3cc2OCC)cc1. The standard InChI is InChI=1S/C30H29NO6/c1-5-35-27-17-28-25(26(18-37-28)21-8-7-9-23(15-21)34-4)16-24(27)19(3)14-29(32)31-22-12-10-20(11-13-22)30(33)36-6-2/h7-18H,5-6H2,1-4H3,(H,31,32)/b19-14+. The van der Waals surface area contributed by atoms with E-state index in [4.69, 9.17) is 18.6 Å². The zero-order valence-corrected chi connectivity index (χ0v) is 21.3. The van der Waals surface area contributed by atoms with Gasteiger partial charge in [-0.1, -0.05) is 12.1 Å². The summed E-state index contributed by atoms with van der Waals surface area (Å²) in [6.45, 7) is 6.29. The van der Waals surface area contributed by atoms with Gasteiger partial charge in [-0.15, -0.1) is 0 Å². The van der Waals surface area contributed by atoms with Gasteiger partial charge in [-0.05, 0) is 74.4 Å². The fourth-order valence-corrected chi connectivity index (χ4v) is 4.01. The van der Waals surface area contributed by atoms with Crippen molar-refractivity contribution in [1.29, 1.82) is 0 Å². The average Bonchev–Trinajstić information content (AvgIpc) is 3.31. The Morgan fingerprint density at radius 1 is 1.00 bits per heavy atom. The summed E-state index contributed by atoms with van der Waals surface area (Å²) in [6.07, 6.45) is 3.24. The van der Waals surface area contributed by atoms with Gasteiger partial charge in [0.05, 0.1) is 32.2 Å². The molecule has 1 heterocycles. The number of amides is 1. The number of fused-ring (bicyclic) bond motifs is 1. The molecule has 0 aliphatic rings. The lowest BCUT2D eigenvalue weighted by atomic mass is 9.99. The first-order chi connectivity index (χ1) is 17.9. The lowest BCUT2D eigenvalue weighted by molar-refractivity contribution is -0.111. The number of anilines is 1. The van der Waals surface area contributed by atoms with E-state index in [1.165, 1.54) is 6.08 Å². The van der Waals surface area contributed by atoms with Crippen LogP contribution in [0.3, 0.4) is 0 Å². The number of methoxy groups -OCH3 is 1. The highest BCUT2D eigenvalue weighted by Gasteiger charge is 2.16. The van der Waals surface area contributed by atoms with E-state index in [9.17, 15) is 9.59 Å². The molecule has 4 aromatic rings. The zero-order chi connectivity index (χ0) is 26.4. The monoisotopic (exact) mass is 499 g/mol. The predicted octanol–water partition coefficient (Wildman–Crippen LogP) is 6.73. The lowest BCUT2D eigenvalue weighted by Gasteiger charge is -2.12. The fourth-order valence-electron chi connectivity index (χ4n) is 4.01. The largest absolute Gasteiger partial charge is 0.497 e. The number of esters is 1. The second-order valence-corrected chi connectivity index (χ2v) is 8.27.